The van der Waals surface area contributed by atoms with E-state index >= 15 is 0 Å². The van der Waals surface area contributed by atoms with Gasteiger partial charge in [-0.15, -0.1) is 0 Å². The Morgan fingerprint density at radius 3 is 2.42 bits per heavy atom. The molecule has 0 spiro atoms. The van der Waals surface area contributed by atoms with Crippen LogP contribution in [0.2, 0.25) is 0 Å². The van der Waals surface area contributed by atoms with E-state index in [2.05, 4.69) is 24.5 Å². The molecule has 0 aromatic rings. The zero-order valence-corrected chi connectivity index (χ0v) is 8.52. The van der Waals surface area contributed by atoms with Gasteiger partial charge in [0.15, 0.2) is 0 Å². The van der Waals surface area contributed by atoms with Crippen LogP contribution in [0.25, 0.3) is 0 Å². The summed E-state index contributed by atoms with van der Waals surface area (Å²) in [5, 5.41) is 6.63. The maximum Gasteiger partial charge on any atom is 0.0667 e. The Labute approximate surface area is 75.9 Å². The maximum absolute atomic E-state index is 5.09. The molecule has 0 aliphatic carbocycles. The molecular formula is C9H22N2O. The van der Waals surface area contributed by atoms with Crippen molar-refractivity contribution in [3.8, 4) is 0 Å². The first-order valence-electron chi connectivity index (χ1n) is 4.75. The minimum absolute atomic E-state index is 0.316. The Morgan fingerprint density at radius 2 is 1.83 bits per heavy atom. The molecule has 0 heterocycles. The van der Waals surface area contributed by atoms with Crippen LogP contribution in [-0.4, -0.2) is 39.4 Å². The summed E-state index contributed by atoms with van der Waals surface area (Å²) in [6, 6.07) is 0. The molecule has 0 fully saturated rings. The first kappa shape index (κ1) is 11.9. The lowest BCUT2D eigenvalue weighted by Gasteiger charge is -2.10. The fourth-order valence-electron chi connectivity index (χ4n) is 0.867. The van der Waals surface area contributed by atoms with Crippen molar-refractivity contribution < 1.29 is 4.74 Å². The van der Waals surface area contributed by atoms with Gasteiger partial charge in [-0.05, 0) is 19.9 Å². The Hall–Kier alpha value is -0.120. The highest BCUT2D eigenvalue weighted by Gasteiger charge is 1.96. The molecule has 2 N–H and O–H groups in total. The summed E-state index contributed by atoms with van der Waals surface area (Å²) in [6.45, 7) is 8.35. The van der Waals surface area contributed by atoms with E-state index < -0.39 is 0 Å². The van der Waals surface area contributed by atoms with Gasteiger partial charge in [0.25, 0.3) is 0 Å². The topological polar surface area (TPSA) is 33.3 Å². The van der Waals surface area contributed by atoms with Gasteiger partial charge in [0, 0.05) is 26.7 Å². The van der Waals surface area contributed by atoms with Crippen LogP contribution in [0, 0.1) is 0 Å². The third-order valence-corrected chi connectivity index (χ3v) is 1.74. The van der Waals surface area contributed by atoms with E-state index in [4.69, 9.17) is 4.74 Å². The van der Waals surface area contributed by atoms with Gasteiger partial charge < -0.3 is 15.4 Å². The Bertz CT molecular complexity index is 88.6. The Kier molecular flexibility index (Phi) is 8.88. The highest BCUT2D eigenvalue weighted by atomic mass is 16.5. The smallest absolute Gasteiger partial charge is 0.0667 e. The highest BCUT2D eigenvalue weighted by Crippen LogP contribution is 1.82. The van der Waals surface area contributed by atoms with Gasteiger partial charge in [0.1, 0.15) is 0 Å². The maximum atomic E-state index is 5.09. The van der Waals surface area contributed by atoms with Crippen molar-refractivity contribution in [3.05, 3.63) is 0 Å². The molecular weight excluding hydrogens is 152 g/mol. The largest absolute Gasteiger partial charge is 0.380 e. The molecule has 0 saturated carbocycles. The van der Waals surface area contributed by atoms with Gasteiger partial charge in [-0.25, -0.2) is 0 Å². The predicted octanol–water partition coefficient (Wildman–Crippen LogP) is 0.610. The van der Waals surface area contributed by atoms with E-state index in [1.54, 1.807) is 7.11 Å². The number of nitrogens with one attached hydrogen (secondary N) is 2. The van der Waals surface area contributed by atoms with Gasteiger partial charge in [-0.2, -0.15) is 0 Å². The number of methoxy groups -OCH3 is 1. The number of ether oxygens (including phenoxy) is 1. The first-order chi connectivity index (χ1) is 5.81. The standard InChI is InChI=1S/C9H22N2O/c1-4-5-10-6-7-11-8-9(2)12-3/h9-11H,4-8H2,1-3H3. The third-order valence-electron chi connectivity index (χ3n) is 1.74. The summed E-state index contributed by atoms with van der Waals surface area (Å²) in [5.41, 5.74) is 0. The Balaban J connectivity index is 2.90. The van der Waals surface area contributed by atoms with Crippen LogP contribution in [0.4, 0.5) is 0 Å². The molecule has 3 heteroatoms. The van der Waals surface area contributed by atoms with E-state index in [0.717, 1.165) is 26.2 Å². The summed E-state index contributed by atoms with van der Waals surface area (Å²) in [7, 11) is 1.74. The molecule has 0 radical (unpaired) electrons. The third kappa shape index (κ3) is 7.98. The van der Waals surface area contributed by atoms with Crippen LogP contribution in [0.5, 0.6) is 0 Å². The molecule has 1 atom stereocenters. The number of rotatable bonds is 8. The lowest BCUT2D eigenvalue weighted by molar-refractivity contribution is 0.117. The van der Waals surface area contributed by atoms with Crippen LogP contribution in [0.3, 0.4) is 0 Å². The molecule has 1 unspecified atom stereocenters. The number of hydrogen-bond donors (Lipinski definition) is 2. The average Bonchev–Trinajstić information content (AvgIpc) is 2.10. The normalized spacial score (nSPS) is 13.2. The minimum atomic E-state index is 0.316. The summed E-state index contributed by atoms with van der Waals surface area (Å²) in [6.07, 6.45) is 1.52. The van der Waals surface area contributed by atoms with E-state index in [0.29, 0.717) is 6.10 Å². The predicted molar refractivity (Wildman–Crippen MR) is 52.5 cm³/mol. The zero-order valence-electron chi connectivity index (χ0n) is 8.52. The van der Waals surface area contributed by atoms with E-state index in [1.165, 1.54) is 6.42 Å². The van der Waals surface area contributed by atoms with Crippen LogP contribution in [0.15, 0.2) is 0 Å². The molecule has 0 rings (SSSR count). The van der Waals surface area contributed by atoms with Crippen LogP contribution < -0.4 is 10.6 Å². The Morgan fingerprint density at radius 1 is 1.17 bits per heavy atom. The van der Waals surface area contributed by atoms with Crippen molar-refractivity contribution in [1.82, 2.24) is 10.6 Å². The summed E-state index contributed by atoms with van der Waals surface area (Å²) >= 11 is 0. The zero-order chi connectivity index (χ0) is 9.23. The molecule has 0 aromatic carbocycles. The second-order valence-corrected chi connectivity index (χ2v) is 3.00. The van der Waals surface area contributed by atoms with E-state index in [1.807, 2.05) is 0 Å². The fourth-order valence-corrected chi connectivity index (χ4v) is 0.867. The van der Waals surface area contributed by atoms with Crippen LogP contribution >= 0.6 is 0 Å². The van der Waals surface area contributed by atoms with Crippen molar-refractivity contribution in [2.75, 3.05) is 33.3 Å². The quantitative estimate of drug-likeness (QED) is 0.529. The van der Waals surface area contributed by atoms with Crippen molar-refractivity contribution >= 4 is 0 Å². The second-order valence-electron chi connectivity index (χ2n) is 3.00. The van der Waals surface area contributed by atoms with Crippen LogP contribution in [-0.2, 0) is 4.74 Å². The summed E-state index contributed by atoms with van der Waals surface area (Å²) in [4.78, 5) is 0. The molecule has 0 saturated heterocycles. The fraction of sp³-hybridized carbons (Fsp3) is 1.00. The summed E-state index contributed by atoms with van der Waals surface area (Å²) < 4.78 is 5.09. The van der Waals surface area contributed by atoms with Crippen molar-refractivity contribution in [1.29, 1.82) is 0 Å². The lowest BCUT2D eigenvalue weighted by atomic mass is 10.4. The monoisotopic (exact) mass is 174 g/mol. The van der Waals surface area contributed by atoms with Gasteiger partial charge >= 0.3 is 0 Å². The lowest BCUT2D eigenvalue weighted by Crippen LogP contribution is -2.32. The first-order valence-corrected chi connectivity index (χ1v) is 4.75. The van der Waals surface area contributed by atoms with Crippen molar-refractivity contribution in [2.24, 2.45) is 0 Å². The molecule has 0 aromatic heterocycles. The molecule has 0 aliphatic heterocycles. The minimum Gasteiger partial charge on any atom is -0.380 e. The van der Waals surface area contributed by atoms with Crippen molar-refractivity contribution in [3.63, 3.8) is 0 Å². The SMILES string of the molecule is CCCNCCNCC(C)OC. The number of hydrogen-bond acceptors (Lipinski definition) is 3. The molecule has 74 valence electrons. The highest BCUT2D eigenvalue weighted by molar-refractivity contribution is 4.56. The molecule has 3 nitrogen and oxygen atoms in total. The molecule has 0 bridgehead atoms. The van der Waals surface area contributed by atoms with E-state index in [9.17, 15) is 0 Å². The van der Waals surface area contributed by atoms with Gasteiger partial charge in [0.05, 0.1) is 6.10 Å². The van der Waals surface area contributed by atoms with E-state index in [-0.39, 0.29) is 0 Å². The van der Waals surface area contributed by atoms with Gasteiger partial charge in [-0.3, -0.25) is 0 Å². The average molecular weight is 174 g/mol. The molecule has 0 amide bonds. The molecule has 0 aliphatic rings. The van der Waals surface area contributed by atoms with Crippen LogP contribution in [0.1, 0.15) is 20.3 Å². The van der Waals surface area contributed by atoms with Crippen molar-refractivity contribution in [2.45, 2.75) is 26.4 Å². The second kappa shape index (κ2) is 8.97. The molecule has 12 heavy (non-hydrogen) atoms. The van der Waals surface area contributed by atoms with Gasteiger partial charge in [0.2, 0.25) is 0 Å². The van der Waals surface area contributed by atoms with Gasteiger partial charge in [-0.1, -0.05) is 6.92 Å². The summed E-state index contributed by atoms with van der Waals surface area (Å²) in [5.74, 6) is 0.